The van der Waals surface area contributed by atoms with Gasteiger partial charge in [-0.2, -0.15) is 0 Å². The first kappa shape index (κ1) is 33.4. The lowest BCUT2D eigenvalue weighted by molar-refractivity contribution is -0.150. The minimum atomic E-state index is -0.820. The third-order valence-corrected chi connectivity index (χ3v) is 7.51. The second-order valence-electron chi connectivity index (χ2n) is 10.1. The fraction of sp³-hybridized carbons (Fsp3) is 0.519. The number of aromatic amines is 1. The van der Waals surface area contributed by atoms with E-state index in [9.17, 15) is 24.0 Å². The van der Waals surface area contributed by atoms with Gasteiger partial charge in [0.2, 0.25) is 5.91 Å². The standard InChI is InChI=1S/C27H35N7O8S/c1-16(10-25(37)41-15-43-21-6-4-3-5-18(21)12-30-8-7-22(28)35)9-24(36)40-14-20-19(32-33-29)11-23(42-20)34-13-17(2)26(38)31-27(34)39/h3-6,13,16,19-20,23,30H,7-12,14-15H2,1-2H3,(H2,28,35)(H,31,38,39)/t16?,19?,20-,23-/m1/s1. The molecule has 0 aliphatic carbocycles. The van der Waals surface area contributed by atoms with Gasteiger partial charge in [0.25, 0.3) is 5.56 Å². The Labute approximate surface area is 251 Å². The predicted molar refractivity (Wildman–Crippen MR) is 156 cm³/mol. The fourth-order valence-corrected chi connectivity index (χ4v) is 5.16. The Kier molecular flexibility index (Phi) is 12.8. The lowest BCUT2D eigenvalue weighted by Crippen LogP contribution is -2.33. The van der Waals surface area contributed by atoms with E-state index in [1.165, 1.54) is 22.5 Å². The highest BCUT2D eigenvalue weighted by molar-refractivity contribution is 7.99. The normalized spacial score (nSPS) is 18.4. The number of azide groups is 1. The van der Waals surface area contributed by atoms with Gasteiger partial charge in [0, 0.05) is 60.3 Å². The molecule has 1 aromatic carbocycles. The molecular weight excluding hydrogens is 582 g/mol. The number of thioether (sulfide) groups is 1. The number of aryl methyl sites for hydroxylation is 1. The number of carbonyl (C=O) groups excluding carboxylic acids is 3. The third kappa shape index (κ3) is 10.6. The maximum Gasteiger partial charge on any atom is 0.330 e. The van der Waals surface area contributed by atoms with Gasteiger partial charge in [-0.15, -0.1) is 0 Å². The molecule has 1 aliphatic heterocycles. The zero-order valence-electron chi connectivity index (χ0n) is 23.9. The molecule has 1 aromatic heterocycles. The number of benzene rings is 1. The molecule has 0 bridgehead atoms. The summed E-state index contributed by atoms with van der Waals surface area (Å²) in [5, 5.41) is 6.85. The Bertz CT molecular complexity index is 1460. The van der Waals surface area contributed by atoms with Crippen molar-refractivity contribution in [3.05, 3.63) is 72.9 Å². The quantitative estimate of drug-likeness (QED) is 0.0473. The average molecular weight is 618 g/mol. The number of hydrogen-bond donors (Lipinski definition) is 3. The molecule has 232 valence electrons. The fourth-order valence-electron chi connectivity index (χ4n) is 4.34. The van der Waals surface area contributed by atoms with Crippen LogP contribution in [0.1, 0.15) is 50.0 Å². The maximum atomic E-state index is 12.5. The van der Waals surface area contributed by atoms with Crippen LogP contribution in [-0.2, 0) is 35.1 Å². The smallest absolute Gasteiger partial charge is 0.330 e. The number of amides is 1. The number of aromatic nitrogens is 2. The summed E-state index contributed by atoms with van der Waals surface area (Å²) in [6, 6.07) is 6.91. The van der Waals surface area contributed by atoms with Gasteiger partial charge in [0.15, 0.2) is 0 Å². The van der Waals surface area contributed by atoms with Crippen LogP contribution in [0, 0.1) is 12.8 Å². The van der Waals surface area contributed by atoms with Crippen molar-refractivity contribution in [2.24, 2.45) is 16.8 Å². The SMILES string of the molecule is Cc1cn([C@H]2CC(N=[N+]=[N-])[C@@H](COC(=O)CC(C)CC(=O)OCSc3ccccc3CNCCC(N)=O)O2)c(=O)[nH]c1=O. The van der Waals surface area contributed by atoms with Crippen molar-refractivity contribution < 1.29 is 28.6 Å². The van der Waals surface area contributed by atoms with Crippen molar-refractivity contribution in [2.75, 3.05) is 19.1 Å². The van der Waals surface area contributed by atoms with Gasteiger partial charge in [0.1, 0.15) is 24.9 Å². The van der Waals surface area contributed by atoms with E-state index >= 15 is 0 Å². The van der Waals surface area contributed by atoms with E-state index in [4.69, 9.17) is 25.5 Å². The largest absolute Gasteiger partial charge is 0.463 e. The summed E-state index contributed by atoms with van der Waals surface area (Å²) in [6.07, 6.45) is 0.0734. The number of primary amides is 1. The van der Waals surface area contributed by atoms with Crippen LogP contribution in [0.2, 0.25) is 0 Å². The van der Waals surface area contributed by atoms with E-state index in [0.717, 1.165) is 10.5 Å². The van der Waals surface area contributed by atoms with Crippen molar-refractivity contribution in [2.45, 2.75) is 69.3 Å². The molecule has 3 rings (SSSR count). The molecule has 1 saturated heterocycles. The van der Waals surface area contributed by atoms with Gasteiger partial charge < -0.3 is 25.3 Å². The van der Waals surface area contributed by atoms with Crippen molar-refractivity contribution >= 4 is 29.6 Å². The zero-order valence-corrected chi connectivity index (χ0v) is 24.7. The molecule has 2 heterocycles. The van der Waals surface area contributed by atoms with Gasteiger partial charge in [-0.05, 0) is 30.0 Å². The number of ether oxygens (including phenoxy) is 3. The minimum Gasteiger partial charge on any atom is -0.463 e. The molecule has 16 heteroatoms. The van der Waals surface area contributed by atoms with Gasteiger partial charge in [0.05, 0.1) is 6.04 Å². The van der Waals surface area contributed by atoms with Crippen LogP contribution in [0.25, 0.3) is 10.4 Å². The molecular formula is C27H35N7O8S. The van der Waals surface area contributed by atoms with Gasteiger partial charge in [-0.1, -0.05) is 42.0 Å². The van der Waals surface area contributed by atoms with E-state index in [2.05, 4.69) is 20.3 Å². The molecule has 43 heavy (non-hydrogen) atoms. The Hall–Kier alpha value is -4.11. The summed E-state index contributed by atoms with van der Waals surface area (Å²) >= 11 is 1.35. The van der Waals surface area contributed by atoms with Crippen LogP contribution in [0.15, 0.2) is 50.1 Å². The molecule has 2 unspecified atom stereocenters. The number of nitrogens with one attached hydrogen (secondary N) is 2. The Morgan fingerprint density at radius 3 is 2.70 bits per heavy atom. The lowest BCUT2D eigenvalue weighted by atomic mass is 10.0. The third-order valence-electron chi connectivity index (χ3n) is 6.57. The predicted octanol–water partition coefficient (Wildman–Crippen LogP) is 2.03. The molecule has 4 N–H and O–H groups in total. The van der Waals surface area contributed by atoms with Crippen molar-refractivity contribution in [1.29, 1.82) is 0 Å². The van der Waals surface area contributed by atoms with Crippen LogP contribution < -0.4 is 22.3 Å². The van der Waals surface area contributed by atoms with E-state index in [-0.39, 0.29) is 50.1 Å². The first-order chi connectivity index (χ1) is 20.6. The maximum absolute atomic E-state index is 12.5. The summed E-state index contributed by atoms with van der Waals surface area (Å²) in [5.74, 6) is -1.68. The van der Waals surface area contributed by atoms with Gasteiger partial charge >= 0.3 is 17.6 Å². The van der Waals surface area contributed by atoms with Crippen LogP contribution in [-0.4, -0.2) is 58.6 Å². The number of nitrogens with two attached hydrogens (primary N) is 1. The van der Waals surface area contributed by atoms with E-state index in [1.54, 1.807) is 13.8 Å². The average Bonchev–Trinajstić information content (AvgIpc) is 3.35. The molecule has 2 aromatic rings. The number of carbonyl (C=O) groups is 3. The minimum absolute atomic E-state index is 0.00378. The summed E-state index contributed by atoms with van der Waals surface area (Å²) in [7, 11) is 0. The highest BCUT2D eigenvalue weighted by atomic mass is 32.2. The molecule has 1 fully saturated rings. The number of rotatable bonds is 16. The van der Waals surface area contributed by atoms with E-state index in [0.29, 0.717) is 18.7 Å². The molecule has 15 nitrogen and oxygen atoms in total. The summed E-state index contributed by atoms with van der Waals surface area (Å²) in [6.45, 7) is 4.04. The van der Waals surface area contributed by atoms with Crippen LogP contribution in [0.5, 0.6) is 0 Å². The highest BCUT2D eigenvalue weighted by Crippen LogP contribution is 2.30. The van der Waals surface area contributed by atoms with Crippen molar-refractivity contribution in [1.82, 2.24) is 14.9 Å². The first-order valence-electron chi connectivity index (χ1n) is 13.6. The van der Waals surface area contributed by atoms with Crippen molar-refractivity contribution in [3.8, 4) is 0 Å². The van der Waals surface area contributed by atoms with Gasteiger partial charge in [-0.3, -0.25) is 28.7 Å². The van der Waals surface area contributed by atoms with Gasteiger partial charge in [-0.25, -0.2) is 4.79 Å². The highest BCUT2D eigenvalue weighted by Gasteiger charge is 2.37. The molecule has 1 aliphatic rings. The molecule has 0 spiro atoms. The molecule has 0 radical (unpaired) electrons. The molecule has 0 saturated carbocycles. The Balaban J connectivity index is 1.41. The Morgan fingerprint density at radius 1 is 1.26 bits per heavy atom. The summed E-state index contributed by atoms with van der Waals surface area (Å²) < 4.78 is 17.7. The van der Waals surface area contributed by atoms with Crippen LogP contribution in [0.4, 0.5) is 0 Å². The zero-order chi connectivity index (χ0) is 31.4. The summed E-state index contributed by atoms with van der Waals surface area (Å²) in [5.41, 5.74) is 14.2. The van der Waals surface area contributed by atoms with E-state index < -0.39 is 41.6 Å². The Morgan fingerprint density at radius 2 is 1.98 bits per heavy atom. The number of esters is 2. The number of H-pyrrole nitrogens is 1. The van der Waals surface area contributed by atoms with E-state index in [1.807, 2.05) is 24.3 Å². The molecule has 4 atom stereocenters. The van der Waals surface area contributed by atoms with Crippen LogP contribution in [0.3, 0.4) is 0 Å². The lowest BCUT2D eigenvalue weighted by Gasteiger charge is -2.17. The topological polar surface area (TPSA) is 221 Å². The number of nitrogens with zero attached hydrogens (tertiary/aromatic N) is 4. The monoisotopic (exact) mass is 617 g/mol. The number of hydrogen-bond acceptors (Lipinski definition) is 11. The second-order valence-corrected chi connectivity index (χ2v) is 11.1. The molecule has 1 amide bonds. The first-order valence-corrected chi connectivity index (χ1v) is 14.6. The van der Waals surface area contributed by atoms with Crippen molar-refractivity contribution in [3.63, 3.8) is 0 Å². The second kappa shape index (κ2) is 16.5. The van der Waals surface area contributed by atoms with Crippen LogP contribution >= 0.6 is 11.8 Å². The summed E-state index contributed by atoms with van der Waals surface area (Å²) in [4.78, 5) is 65.5.